The van der Waals surface area contributed by atoms with Crippen LogP contribution in [-0.4, -0.2) is 32.4 Å². The van der Waals surface area contributed by atoms with Crippen LogP contribution in [0.25, 0.3) is 17.1 Å². The highest BCUT2D eigenvalue weighted by atomic mass is 32.2. The molecule has 0 bridgehead atoms. The Bertz CT molecular complexity index is 1200. The number of hydrazone groups is 1. The summed E-state index contributed by atoms with van der Waals surface area (Å²) in [6, 6.07) is 28.9. The fourth-order valence-electron chi connectivity index (χ4n) is 2.94. The number of ether oxygens (including phenoxy) is 1. The van der Waals surface area contributed by atoms with E-state index in [2.05, 4.69) is 20.7 Å². The van der Waals surface area contributed by atoms with E-state index >= 15 is 0 Å². The quantitative estimate of drug-likeness (QED) is 0.148. The number of hydrogen-bond acceptors (Lipinski definition) is 7. The van der Waals surface area contributed by atoms with Gasteiger partial charge >= 0.3 is 5.97 Å². The van der Waals surface area contributed by atoms with Gasteiger partial charge < -0.3 is 4.74 Å². The van der Waals surface area contributed by atoms with Crippen molar-refractivity contribution >= 4 is 28.5 Å². The summed E-state index contributed by atoms with van der Waals surface area (Å²) in [5.41, 5.74) is 5.45. The number of nitrogens with zero attached hydrogens (tertiary/aromatic N) is 4. The molecule has 0 amide bonds. The Morgan fingerprint density at radius 1 is 0.938 bits per heavy atom. The second-order valence-corrected chi connectivity index (χ2v) is 7.52. The molecule has 0 spiro atoms. The smallest absolute Gasteiger partial charge is 0.365 e. The molecule has 0 fully saturated rings. The van der Waals surface area contributed by atoms with E-state index < -0.39 is 5.97 Å². The predicted octanol–water partition coefficient (Wildman–Crippen LogP) is 5.02. The first kappa shape index (κ1) is 21.3. The number of rotatable bonds is 6. The molecule has 8 heteroatoms. The van der Waals surface area contributed by atoms with E-state index in [4.69, 9.17) is 4.74 Å². The molecule has 1 N–H and O–H groups in total. The highest BCUT2D eigenvalue weighted by Gasteiger charge is 2.22. The standard InChI is InChI=1S/C24H21N5O2S/c1-2-31-23(30)22(27-25-19-14-8-4-9-15-19)32-24-28-26-21(18-12-6-3-7-13-18)29(24)20-16-10-5-11-17-20/h3-17,25H,2H2,1H3. The highest BCUT2D eigenvalue weighted by Crippen LogP contribution is 2.29. The normalized spacial score (nSPS) is 11.2. The van der Waals surface area contributed by atoms with Crippen LogP contribution >= 0.6 is 11.8 Å². The molecule has 0 saturated carbocycles. The lowest BCUT2D eigenvalue weighted by Gasteiger charge is -2.11. The summed E-state index contributed by atoms with van der Waals surface area (Å²) in [5.74, 6) is 0.128. The lowest BCUT2D eigenvalue weighted by atomic mass is 10.2. The second kappa shape index (κ2) is 10.4. The molecule has 32 heavy (non-hydrogen) atoms. The molecule has 7 nitrogen and oxygen atoms in total. The van der Waals surface area contributed by atoms with Crippen molar-refractivity contribution in [2.75, 3.05) is 12.0 Å². The molecule has 0 saturated heterocycles. The van der Waals surface area contributed by atoms with Gasteiger partial charge in [-0.1, -0.05) is 66.7 Å². The summed E-state index contributed by atoms with van der Waals surface area (Å²) in [6.07, 6.45) is 0. The molecule has 1 heterocycles. The van der Waals surface area contributed by atoms with Gasteiger partial charge in [0.05, 0.1) is 12.3 Å². The van der Waals surface area contributed by atoms with Crippen LogP contribution in [0.1, 0.15) is 6.92 Å². The minimum atomic E-state index is -0.537. The number of anilines is 1. The molecule has 160 valence electrons. The average Bonchev–Trinajstić information content (AvgIpc) is 3.27. The van der Waals surface area contributed by atoms with Gasteiger partial charge in [-0.05, 0) is 43.0 Å². The lowest BCUT2D eigenvalue weighted by Crippen LogP contribution is -2.17. The lowest BCUT2D eigenvalue weighted by molar-refractivity contribution is -0.134. The molecular formula is C24H21N5O2S. The van der Waals surface area contributed by atoms with Crippen molar-refractivity contribution < 1.29 is 9.53 Å². The van der Waals surface area contributed by atoms with E-state index in [1.807, 2.05) is 95.6 Å². The third-order valence-corrected chi connectivity index (χ3v) is 5.28. The van der Waals surface area contributed by atoms with E-state index in [9.17, 15) is 4.79 Å². The van der Waals surface area contributed by atoms with E-state index in [1.54, 1.807) is 6.92 Å². The zero-order valence-electron chi connectivity index (χ0n) is 17.4. The Morgan fingerprint density at radius 2 is 1.56 bits per heavy atom. The van der Waals surface area contributed by atoms with Gasteiger partial charge in [0.1, 0.15) is 0 Å². The number of thioether (sulfide) groups is 1. The minimum absolute atomic E-state index is 0.125. The Balaban J connectivity index is 1.73. The molecule has 0 radical (unpaired) electrons. The zero-order chi connectivity index (χ0) is 22.2. The Kier molecular flexibility index (Phi) is 6.94. The van der Waals surface area contributed by atoms with Crippen molar-refractivity contribution in [3.8, 4) is 17.1 Å². The van der Waals surface area contributed by atoms with Crippen molar-refractivity contribution in [2.24, 2.45) is 5.10 Å². The predicted molar refractivity (Wildman–Crippen MR) is 127 cm³/mol. The SMILES string of the molecule is CCOC(=O)C(=NNc1ccccc1)Sc1nnc(-c2ccccc2)n1-c1ccccc1. The van der Waals surface area contributed by atoms with Crippen LogP contribution < -0.4 is 5.43 Å². The van der Waals surface area contributed by atoms with Gasteiger partial charge in [-0.2, -0.15) is 5.10 Å². The highest BCUT2D eigenvalue weighted by molar-refractivity contribution is 8.15. The number of carbonyl (C=O) groups excluding carboxylic acids is 1. The van der Waals surface area contributed by atoms with Crippen molar-refractivity contribution in [3.05, 3.63) is 91.0 Å². The van der Waals surface area contributed by atoms with Crippen molar-refractivity contribution in [2.45, 2.75) is 12.1 Å². The maximum atomic E-state index is 12.6. The minimum Gasteiger partial charge on any atom is -0.461 e. The largest absolute Gasteiger partial charge is 0.461 e. The van der Waals surface area contributed by atoms with Gasteiger partial charge in [-0.25, -0.2) is 4.79 Å². The molecule has 0 aliphatic rings. The Morgan fingerprint density at radius 3 is 2.22 bits per heavy atom. The van der Waals surface area contributed by atoms with Gasteiger partial charge in [-0.15, -0.1) is 10.2 Å². The number of esters is 1. The Labute approximate surface area is 190 Å². The molecule has 0 aliphatic carbocycles. The maximum Gasteiger partial charge on any atom is 0.365 e. The van der Waals surface area contributed by atoms with Crippen LogP contribution in [0.3, 0.4) is 0 Å². The monoisotopic (exact) mass is 443 g/mol. The van der Waals surface area contributed by atoms with Crippen LogP contribution in [0, 0.1) is 0 Å². The first-order valence-electron chi connectivity index (χ1n) is 10.1. The first-order chi connectivity index (χ1) is 15.8. The number of benzene rings is 3. The fourth-order valence-corrected chi connectivity index (χ4v) is 3.71. The maximum absolute atomic E-state index is 12.6. The van der Waals surface area contributed by atoms with Crippen LogP contribution in [0.2, 0.25) is 0 Å². The Hall–Kier alpha value is -3.91. The van der Waals surface area contributed by atoms with Gasteiger partial charge in [0.25, 0.3) is 0 Å². The molecule has 0 atom stereocenters. The number of hydrogen-bond donors (Lipinski definition) is 1. The summed E-state index contributed by atoms with van der Waals surface area (Å²) in [6.45, 7) is 2.00. The van der Waals surface area contributed by atoms with E-state index in [1.165, 1.54) is 0 Å². The third-order valence-electron chi connectivity index (χ3n) is 4.38. The van der Waals surface area contributed by atoms with Gasteiger partial charge in [0.2, 0.25) is 10.2 Å². The van der Waals surface area contributed by atoms with Crippen LogP contribution in [0.4, 0.5) is 5.69 Å². The molecule has 3 aromatic carbocycles. The number of para-hydroxylation sites is 2. The van der Waals surface area contributed by atoms with Gasteiger partial charge in [0.15, 0.2) is 5.82 Å². The number of carbonyl (C=O) groups is 1. The topological polar surface area (TPSA) is 81.4 Å². The van der Waals surface area contributed by atoms with Gasteiger partial charge in [0, 0.05) is 11.3 Å². The van der Waals surface area contributed by atoms with Crippen molar-refractivity contribution in [1.82, 2.24) is 14.8 Å². The van der Waals surface area contributed by atoms with Crippen LogP contribution in [-0.2, 0) is 9.53 Å². The average molecular weight is 444 g/mol. The summed E-state index contributed by atoms with van der Waals surface area (Å²) in [4.78, 5) is 12.6. The summed E-state index contributed by atoms with van der Waals surface area (Å²) < 4.78 is 7.11. The van der Waals surface area contributed by atoms with E-state index in [0.29, 0.717) is 11.0 Å². The van der Waals surface area contributed by atoms with Crippen molar-refractivity contribution in [3.63, 3.8) is 0 Å². The third kappa shape index (κ3) is 5.04. The molecule has 0 unspecified atom stereocenters. The summed E-state index contributed by atoms with van der Waals surface area (Å²) in [7, 11) is 0. The van der Waals surface area contributed by atoms with E-state index in [0.717, 1.165) is 28.7 Å². The summed E-state index contributed by atoms with van der Waals surface area (Å²) >= 11 is 1.10. The molecule has 4 aromatic rings. The first-order valence-corrected chi connectivity index (χ1v) is 10.9. The van der Waals surface area contributed by atoms with Crippen molar-refractivity contribution in [1.29, 1.82) is 0 Å². The number of aromatic nitrogens is 3. The summed E-state index contributed by atoms with van der Waals surface area (Å²) in [5, 5.41) is 13.7. The molecular weight excluding hydrogens is 422 g/mol. The second-order valence-electron chi connectivity index (χ2n) is 6.56. The van der Waals surface area contributed by atoms with E-state index in [-0.39, 0.29) is 11.7 Å². The molecule has 0 aliphatic heterocycles. The fraction of sp³-hybridized carbons (Fsp3) is 0.0833. The van der Waals surface area contributed by atoms with Crippen LogP contribution in [0.5, 0.6) is 0 Å². The van der Waals surface area contributed by atoms with Crippen LogP contribution in [0.15, 0.2) is 101 Å². The zero-order valence-corrected chi connectivity index (χ0v) is 18.2. The van der Waals surface area contributed by atoms with Gasteiger partial charge in [-0.3, -0.25) is 9.99 Å². The number of nitrogens with one attached hydrogen (secondary N) is 1. The molecule has 1 aromatic heterocycles. The molecule has 4 rings (SSSR count).